The summed E-state index contributed by atoms with van der Waals surface area (Å²) in [6.07, 6.45) is 2.64. The van der Waals surface area contributed by atoms with Crippen molar-refractivity contribution in [1.29, 1.82) is 0 Å². The summed E-state index contributed by atoms with van der Waals surface area (Å²) in [4.78, 5) is 14.9. The molecule has 2 bridgehead atoms. The quantitative estimate of drug-likeness (QED) is 0.872. The van der Waals surface area contributed by atoms with Gasteiger partial charge < -0.3 is 15.5 Å². The number of hydrogen-bond donors (Lipinski definition) is 2. The zero-order chi connectivity index (χ0) is 15.5. The SMILES string of the molecule is CCN[C@H](CC(=O)N1C2CCC1CNC2)c1ccc(F)cc1. The number of nitrogens with one attached hydrogen (secondary N) is 2. The molecular weight excluding hydrogens is 281 g/mol. The lowest BCUT2D eigenvalue weighted by Crippen LogP contribution is -2.54. The van der Waals surface area contributed by atoms with Gasteiger partial charge in [-0.3, -0.25) is 4.79 Å². The van der Waals surface area contributed by atoms with Crippen LogP contribution in [0, 0.1) is 5.82 Å². The molecule has 2 heterocycles. The highest BCUT2D eigenvalue weighted by atomic mass is 19.1. The summed E-state index contributed by atoms with van der Waals surface area (Å²) in [6, 6.07) is 7.10. The molecule has 1 amide bonds. The molecule has 22 heavy (non-hydrogen) atoms. The van der Waals surface area contributed by atoms with Gasteiger partial charge in [0, 0.05) is 37.6 Å². The number of hydrogen-bond acceptors (Lipinski definition) is 3. The Bertz CT molecular complexity index is 503. The summed E-state index contributed by atoms with van der Waals surface area (Å²) in [5.41, 5.74) is 0.971. The molecule has 2 saturated heterocycles. The molecule has 1 aromatic carbocycles. The van der Waals surface area contributed by atoms with Crippen LogP contribution in [-0.4, -0.2) is 42.5 Å². The number of fused-ring (bicyclic) bond motifs is 2. The van der Waals surface area contributed by atoms with Gasteiger partial charge in [-0.1, -0.05) is 19.1 Å². The van der Waals surface area contributed by atoms with E-state index in [4.69, 9.17) is 0 Å². The monoisotopic (exact) mass is 305 g/mol. The van der Waals surface area contributed by atoms with Gasteiger partial charge in [0.15, 0.2) is 0 Å². The summed E-state index contributed by atoms with van der Waals surface area (Å²) >= 11 is 0. The van der Waals surface area contributed by atoms with E-state index in [0.717, 1.165) is 38.0 Å². The Balaban J connectivity index is 1.70. The Hall–Kier alpha value is -1.46. The zero-order valence-electron chi connectivity index (χ0n) is 13.0. The Labute approximate surface area is 131 Å². The van der Waals surface area contributed by atoms with Gasteiger partial charge in [-0.2, -0.15) is 0 Å². The third kappa shape index (κ3) is 3.15. The molecule has 4 nitrogen and oxygen atoms in total. The Morgan fingerprint density at radius 2 is 1.95 bits per heavy atom. The maximum absolute atomic E-state index is 13.1. The van der Waals surface area contributed by atoms with Crippen LogP contribution >= 0.6 is 0 Å². The molecule has 0 aliphatic carbocycles. The molecule has 5 heteroatoms. The topological polar surface area (TPSA) is 44.4 Å². The molecular formula is C17H24FN3O. The zero-order valence-corrected chi connectivity index (χ0v) is 13.0. The summed E-state index contributed by atoms with van der Waals surface area (Å²) in [5, 5.41) is 6.75. The molecule has 0 radical (unpaired) electrons. The lowest BCUT2D eigenvalue weighted by atomic mass is 10.0. The molecule has 120 valence electrons. The smallest absolute Gasteiger partial charge is 0.225 e. The van der Waals surface area contributed by atoms with Crippen molar-refractivity contribution in [3.63, 3.8) is 0 Å². The Kier molecular flexibility index (Phi) is 4.74. The van der Waals surface area contributed by atoms with E-state index in [1.54, 1.807) is 12.1 Å². The Morgan fingerprint density at radius 1 is 1.32 bits per heavy atom. The van der Waals surface area contributed by atoms with Gasteiger partial charge in [0.05, 0.1) is 0 Å². The third-order valence-corrected chi connectivity index (χ3v) is 4.77. The highest BCUT2D eigenvalue weighted by Crippen LogP contribution is 2.29. The van der Waals surface area contributed by atoms with Gasteiger partial charge in [-0.15, -0.1) is 0 Å². The van der Waals surface area contributed by atoms with Gasteiger partial charge in [0.25, 0.3) is 0 Å². The molecule has 0 saturated carbocycles. The number of piperazine rings is 1. The van der Waals surface area contributed by atoms with E-state index in [1.807, 2.05) is 6.92 Å². The molecule has 1 aromatic rings. The van der Waals surface area contributed by atoms with Gasteiger partial charge in [-0.05, 0) is 37.1 Å². The highest BCUT2D eigenvalue weighted by molar-refractivity contribution is 5.78. The van der Waals surface area contributed by atoms with Gasteiger partial charge in [0.1, 0.15) is 5.82 Å². The van der Waals surface area contributed by atoms with Crippen molar-refractivity contribution in [3.05, 3.63) is 35.6 Å². The number of halogens is 1. The average molecular weight is 305 g/mol. The minimum absolute atomic E-state index is 0.0487. The lowest BCUT2D eigenvalue weighted by Gasteiger charge is -2.36. The fourth-order valence-electron chi connectivity index (χ4n) is 3.72. The van der Waals surface area contributed by atoms with Crippen molar-refractivity contribution < 1.29 is 9.18 Å². The van der Waals surface area contributed by atoms with Crippen LogP contribution in [0.25, 0.3) is 0 Å². The fraction of sp³-hybridized carbons (Fsp3) is 0.588. The molecule has 2 aliphatic rings. The van der Waals surface area contributed by atoms with Crippen LogP contribution in [0.2, 0.25) is 0 Å². The summed E-state index contributed by atoms with van der Waals surface area (Å²) in [7, 11) is 0. The van der Waals surface area contributed by atoms with Crippen molar-refractivity contribution in [2.75, 3.05) is 19.6 Å². The second kappa shape index (κ2) is 6.75. The minimum atomic E-state index is -0.245. The second-order valence-corrected chi connectivity index (χ2v) is 6.21. The Morgan fingerprint density at radius 3 is 2.55 bits per heavy atom. The maximum Gasteiger partial charge on any atom is 0.225 e. The van der Waals surface area contributed by atoms with E-state index in [0.29, 0.717) is 18.5 Å². The molecule has 2 unspecified atom stereocenters. The normalized spacial score (nSPS) is 25.3. The van der Waals surface area contributed by atoms with Crippen LogP contribution in [-0.2, 0) is 4.79 Å². The molecule has 0 spiro atoms. The van der Waals surface area contributed by atoms with Crippen LogP contribution in [0.5, 0.6) is 0 Å². The second-order valence-electron chi connectivity index (χ2n) is 6.21. The number of carbonyl (C=O) groups is 1. The third-order valence-electron chi connectivity index (χ3n) is 4.77. The predicted octanol–water partition coefficient (Wildman–Crippen LogP) is 1.83. The largest absolute Gasteiger partial charge is 0.334 e. The number of amides is 1. The van der Waals surface area contributed by atoms with Crippen LogP contribution < -0.4 is 10.6 Å². The maximum atomic E-state index is 13.1. The average Bonchev–Trinajstić information content (AvgIpc) is 2.77. The fourth-order valence-corrected chi connectivity index (χ4v) is 3.72. The van der Waals surface area contributed by atoms with E-state index in [9.17, 15) is 9.18 Å². The number of rotatable bonds is 5. The summed E-state index contributed by atoms with van der Waals surface area (Å²) in [5.74, 6) is -0.0326. The standard InChI is InChI=1S/C17H24FN3O/c1-2-20-16(12-3-5-13(18)6-4-12)9-17(22)21-14-7-8-15(21)11-19-10-14/h3-6,14-16,19-20H,2,7-11H2,1H3/t14?,15?,16-/m1/s1. The molecule has 0 aromatic heterocycles. The summed E-state index contributed by atoms with van der Waals surface area (Å²) < 4.78 is 13.1. The minimum Gasteiger partial charge on any atom is -0.334 e. The van der Waals surface area contributed by atoms with E-state index in [-0.39, 0.29) is 17.8 Å². The number of carbonyl (C=O) groups excluding carboxylic acids is 1. The van der Waals surface area contributed by atoms with Crippen LogP contribution in [0.1, 0.15) is 37.8 Å². The van der Waals surface area contributed by atoms with Crippen molar-refractivity contribution in [1.82, 2.24) is 15.5 Å². The highest BCUT2D eigenvalue weighted by Gasteiger charge is 2.39. The van der Waals surface area contributed by atoms with Crippen LogP contribution in [0.3, 0.4) is 0 Å². The van der Waals surface area contributed by atoms with Gasteiger partial charge >= 0.3 is 0 Å². The molecule has 2 fully saturated rings. The van der Waals surface area contributed by atoms with E-state index < -0.39 is 0 Å². The van der Waals surface area contributed by atoms with Crippen molar-refractivity contribution in [2.45, 2.75) is 44.3 Å². The van der Waals surface area contributed by atoms with Crippen molar-refractivity contribution >= 4 is 5.91 Å². The molecule has 2 N–H and O–H groups in total. The van der Waals surface area contributed by atoms with E-state index in [1.165, 1.54) is 12.1 Å². The summed E-state index contributed by atoms with van der Waals surface area (Å²) in [6.45, 7) is 4.62. The number of benzene rings is 1. The van der Waals surface area contributed by atoms with Crippen LogP contribution in [0.15, 0.2) is 24.3 Å². The first-order valence-corrected chi connectivity index (χ1v) is 8.19. The first-order chi connectivity index (χ1) is 10.7. The number of nitrogens with zero attached hydrogens (tertiary/aromatic N) is 1. The van der Waals surface area contributed by atoms with Crippen LogP contribution in [0.4, 0.5) is 4.39 Å². The molecule has 3 atom stereocenters. The first kappa shape index (κ1) is 15.4. The first-order valence-electron chi connectivity index (χ1n) is 8.19. The molecule has 2 aliphatic heterocycles. The van der Waals surface area contributed by atoms with E-state index in [2.05, 4.69) is 15.5 Å². The van der Waals surface area contributed by atoms with Crippen molar-refractivity contribution in [2.24, 2.45) is 0 Å². The molecule has 3 rings (SSSR count). The van der Waals surface area contributed by atoms with Gasteiger partial charge in [0.2, 0.25) is 5.91 Å². The van der Waals surface area contributed by atoms with Crippen molar-refractivity contribution in [3.8, 4) is 0 Å². The predicted molar refractivity (Wildman–Crippen MR) is 84.0 cm³/mol. The van der Waals surface area contributed by atoms with Gasteiger partial charge in [-0.25, -0.2) is 4.39 Å². The lowest BCUT2D eigenvalue weighted by molar-refractivity contribution is -0.135. The van der Waals surface area contributed by atoms with E-state index >= 15 is 0 Å².